The van der Waals surface area contributed by atoms with Crippen LogP contribution in [0.25, 0.3) is 11.0 Å². The molecule has 5 nitrogen and oxygen atoms in total. The molecule has 2 aromatic rings. The monoisotopic (exact) mass is 447 g/mol. The van der Waals surface area contributed by atoms with Crippen molar-refractivity contribution < 1.29 is 9.21 Å². The zero-order valence-electron chi connectivity index (χ0n) is 12.2. The van der Waals surface area contributed by atoms with Gasteiger partial charge in [0.05, 0.1) is 4.47 Å². The normalized spacial score (nSPS) is 11.3. The maximum absolute atomic E-state index is 12.1. The third-order valence-electron chi connectivity index (χ3n) is 2.54. The first-order valence-corrected chi connectivity index (χ1v) is 8.42. The van der Waals surface area contributed by atoms with E-state index in [1.807, 2.05) is 32.9 Å². The summed E-state index contributed by atoms with van der Waals surface area (Å²) >= 11 is 11.9. The van der Waals surface area contributed by atoms with Crippen LogP contribution in [0.1, 0.15) is 31.3 Å². The molecule has 0 aliphatic rings. The zero-order valence-corrected chi connectivity index (χ0v) is 16.2. The minimum Gasteiger partial charge on any atom is -0.450 e. The highest BCUT2D eigenvalue weighted by Crippen LogP contribution is 2.30. The molecule has 8 heteroatoms. The average molecular weight is 449 g/mol. The number of halogens is 2. The standard InChI is InChI=1S/C14H15Br2N3O2S/c1-14(2,3)17-13(22)19-18-12(20)10-5-7-4-8(15)6-9(16)11(7)21-10/h4-6H,1-3H3,(H,18,20)(H2,17,19,22). The van der Waals surface area contributed by atoms with E-state index in [-0.39, 0.29) is 11.3 Å². The van der Waals surface area contributed by atoms with Crippen LogP contribution in [0.4, 0.5) is 0 Å². The number of amides is 1. The van der Waals surface area contributed by atoms with Crippen molar-refractivity contribution in [3.8, 4) is 0 Å². The summed E-state index contributed by atoms with van der Waals surface area (Å²) in [4.78, 5) is 12.1. The zero-order chi connectivity index (χ0) is 16.5. The van der Waals surface area contributed by atoms with Gasteiger partial charge >= 0.3 is 5.91 Å². The molecule has 0 fully saturated rings. The first-order valence-electron chi connectivity index (χ1n) is 6.43. The quantitative estimate of drug-likeness (QED) is 0.456. The number of rotatable bonds is 1. The lowest BCUT2D eigenvalue weighted by Gasteiger charge is -2.22. The second-order valence-electron chi connectivity index (χ2n) is 5.70. The van der Waals surface area contributed by atoms with Gasteiger partial charge in [-0.3, -0.25) is 15.6 Å². The van der Waals surface area contributed by atoms with Crippen LogP contribution in [0.15, 0.2) is 31.6 Å². The highest BCUT2D eigenvalue weighted by molar-refractivity contribution is 9.11. The molecule has 22 heavy (non-hydrogen) atoms. The molecule has 3 N–H and O–H groups in total. The molecular formula is C14H15Br2N3O2S. The van der Waals surface area contributed by atoms with Crippen LogP contribution in [0.2, 0.25) is 0 Å². The molecule has 1 aromatic carbocycles. The Labute approximate surface area is 150 Å². The van der Waals surface area contributed by atoms with Gasteiger partial charge in [0, 0.05) is 15.4 Å². The molecule has 118 valence electrons. The van der Waals surface area contributed by atoms with E-state index in [0.29, 0.717) is 10.7 Å². The molecule has 0 saturated carbocycles. The predicted molar refractivity (Wildman–Crippen MR) is 97.7 cm³/mol. The van der Waals surface area contributed by atoms with Crippen molar-refractivity contribution in [2.75, 3.05) is 0 Å². The summed E-state index contributed by atoms with van der Waals surface area (Å²) in [7, 11) is 0. The summed E-state index contributed by atoms with van der Waals surface area (Å²) in [6.07, 6.45) is 0. The van der Waals surface area contributed by atoms with Crippen LogP contribution in [0, 0.1) is 0 Å². The molecule has 0 radical (unpaired) electrons. The van der Waals surface area contributed by atoms with Crippen molar-refractivity contribution in [3.63, 3.8) is 0 Å². The molecule has 1 aromatic heterocycles. The van der Waals surface area contributed by atoms with Crippen LogP contribution >= 0.6 is 44.1 Å². The van der Waals surface area contributed by atoms with E-state index < -0.39 is 5.91 Å². The topological polar surface area (TPSA) is 66.3 Å². The van der Waals surface area contributed by atoms with Gasteiger partial charge in [0.15, 0.2) is 10.9 Å². The van der Waals surface area contributed by atoms with Gasteiger partial charge in [-0.05, 0) is 67.1 Å². The number of benzene rings is 1. The van der Waals surface area contributed by atoms with E-state index in [0.717, 1.165) is 14.3 Å². The summed E-state index contributed by atoms with van der Waals surface area (Å²) in [5, 5.41) is 4.19. The van der Waals surface area contributed by atoms with Gasteiger partial charge in [-0.25, -0.2) is 0 Å². The smallest absolute Gasteiger partial charge is 0.305 e. The summed E-state index contributed by atoms with van der Waals surface area (Å²) in [6, 6.07) is 5.40. The van der Waals surface area contributed by atoms with E-state index in [1.54, 1.807) is 6.07 Å². The van der Waals surface area contributed by atoms with Gasteiger partial charge in [0.25, 0.3) is 0 Å². The van der Waals surface area contributed by atoms with E-state index in [1.165, 1.54) is 0 Å². The van der Waals surface area contributed by atoms with Gasteiger partial charge in [0.2, 0.25) is 0 Å². The third-order valence-corrected chi connectivity index (χ3v) is 3.79. The maximum Gasteiger partial charge on any atom is 0.305 e. The Morgan fingerprint density at radius 3 is 2.50 bits per heavy atom. The molecule has 0 bridgehead atoms. The third kappa shape index (κ3) is 4.44. The number of hydrogen-bond acceptors (Lipinski definition) is 3. The second kappa shape index (κ2) is 6.55. The lowest BCUT2D eigenvalue weighted by Crippen LogP contribution is -2.52. The van der Waals surface area contributed by atoms with Crippen molar-refractivity contribution in [2.45, 2.75) is 26.3 Å². The van der Waals surface area contributed by atoms with E-state index in [2.05, 4.69) is 48.0 Å². The lowest BCUT2D eigenvalue weighted by atomic mass is 10.1. The van der Waals surface area contributed by atoms with Gasteiger partial charge in [-0.15, -0.1) is 0 Å². The van der Waals surface area contributed by atoms with Crippen molar-refractivity contribution >= 4 is 66.1 Å². The molecule has 0 spiro atoms. The Kier molecular flexibility index (Phi) is 5.14. The van der Waals surface area contributed by atoms with Crippen molar-refractivity contribution in [2.24, 2.45) is 0 Å². The van der Waals surface area contributed by atoms with Crippen LogP contribution in [0.3, 0.4) is 0 Å². The summed E-state index contributed by atoms with van der Waals surface area (Å²) in [6.45, 7) is 5.91. The lowest BCUT2D eigenvalue weighted by molar-refractivity contribution is 0.0917. The van der Waals surface area contributed by atoms with E-state index in [9.17, 15) is 4.79 Å². The van der Waals surface area contributed by atoms with Gasteiger partial charge in [-0.2, -0.15) is 0 Å². The fourth-order valence-corrected chi connectivity index (χ4v) is 3.43. The average Bonchev–Trinajstić information content (AvgIpc) is 2.78. The number of carbonyl (C=O) groups excluding carboxylic acids is 1. The second-order valence-corrected chi connectivity index (χ2v) is 7.88. The number of fused-ring (bicyclic) bond motifs is 1. The van der Waals surface area contributed by atoms with Crippen molar-refractivity contribution in [1.82, 2.24) is 16.2 Å². The van der Waals surface area contributed by atoms with Crippen molar-refractivity contribution in [1.29, 1.82) is 0 Å². The predicted octanol–water partition coefficient (Wildman–Crippen LogP) is 3.87. The van der Waals surface area contributed by atoms with Crippen LogP contribution in [-0.4, -0.2) is 16.6 Å². The highest BCUT2D eigenvalue weighted by atomic mass is 79.9. The molecule has 0 aliphatic carbocycles. The number of thiocarbonyl (C=S) groups is 1. The Hall–Kier alpha value is -1.12. The largest absolute Gasteiger partial charge is 0.450 e. The minimum atomic E-state index is -0.405. The summed E-state index contributed by atoms with van der Waals surface area (Å²) in [5.41, 5.74) is 5.58. The summed E-state index contributed by atoms with van der Waals surface area (Å²) < 4.78 is 7.23. The molecule has 0 unspecified atom stereocenters. The molecule has 1 amide bonds. The minimum absolute atomic E-state index is 0.189. The number of hydrogen-bond donors (Lipinski definition) is 3. The fraction of sp³-hybridized carbons (Fsp3) is 0.286. The molecular weight excluding hydrogens is 434 g/mol. The van der Waals surface area contributed by atoms with Crippen LogP contribution in [-0.2, 0) is 0 Å². The SMILES string of the molecule is CC(C)(C)NC(=S)NNC(=O)c1cc2cc(Br)cc(Br)c2o1. The van der Waals surface area contributed by atoms with E-state index >= 15 is 0 Å². The Bertz CT molecular complexity index is 737. The van der Waals surface area contributed by atoms with Gasteiger partial charge < -0.3 is 9.73 Å². The number of carbonyl (C=O) groups is 1. The fourth-order valence-electron chi connectivity index (χ4n) is 1.73. The Morgan fingerprint density at radius 2 is 1.86 bits per heavy atom. The molecule has 2 rings (SSSR count). The van der Waals surface area contributed by atoms with Gasteiger partial charge in [-0.1, -0.05) is 15.9 Å². The summed E-state index contributed by atoms with van der Waals surface area (Å²) in [5.74, 6) is -0.211. The molecule has 0 aliphatic heterocycles. The first-order chi connectivity index (χ1) is 10.2. The number of furan rings is 1. The number of nitrogens with one attached hydrogen (secondary N) is 3. The van der Waals surface area contributed by atoms with Gasteiger partial charge in [0.1, 0.15) is 5.58 Å². The Balaban J connectivity index is 2.07. The molecule has 1 heterocycles. The first kappa shape index (κ1) is 17.2. The van der Waals surface area contributed by atoms with Crippen LogP contribution in [0.5, 0.6) is 0 Å². The maximum atomic E-state index is 12.1. The van der Waals surface area contributed by atoms with E-state index in [4.69, 9.17) is 16.6 Å². The molecule has 0 saturated heterocycles. The van der Waals surface area contributed by atoms with Crippen LogP contribution < -0.4 is 16.2 Å². The Morgan fingerprint density at radius 1 is 1.18 bits per heavy atom. The molecule has 0 atom stereocenters. The number of hydrazine groups is 1. The highest BCUT2D eigenvalue weighted by Gasteiger charge is 2.16. The van der Waals surface area contributed by atoms with Crippen molar-refractivity contribution in [3.05, 3.63) is 32.9 Å².